The number of nitrogens with one attached hydrogen (secondary N) is 2. The Morgan fingerprint density at radius 2 is 2.27 bits per heavy atom. The van der Waals surface area contributed by atoms with E-state index in [-0.39, 0.29) is 10.8 Å². The molecule has 1 aromatic rings. The maximum atomic E-state index is 11.9. The minimum atomic E-state index is -0.0612. The van der Waals surface area contributed by atoms with Crippen molar-refractivity contribution in [1.82, 2.24) is 20.4 Å². The summed E-state index contributed by atoms with van der Waals surface area (Å²) in [6.45, 7) is 10.7. The van der Waals surface area contributed by atoms with Gasteiger partial charge in [0.25, 0.3) is 0 Å². The van der Waals surface area contributed by atoms with E-state index >= 15 is 0 Å². The molecule has 0 radical (unpaired) electrons. The van der Waals surface area contributed by atoms with Crippen LogP contribution >= 0.6 is 11.8 Å². The summed E-state index contributed by atoms with van der Waals surface area (Å²) in [7, 11) is 0. The Morgan fingerprint density at radius 3 is 2.86 bits per heavy atom. The average Bonchev–Trinajstić information content (AvgIpc) is 3.01. The average molecular weight is 324 g/mol. The van der Waals surface area contributed by atoms with Crippen LogP contribution < -0.4 is 10.6 Å². The molecule has 0 bridgehead atoms. The first-order chi connectivity index (χ1) is 10.4. The summed E-state index contributed by atoms with van der Waals surface area (Å²) in [4.78, 5) is 11.9. The second-order valence-corrected chi connectivity index (χ2v) is 8.36. The van der Waals surface area contributed by atoms with Crippen molar-refractivity contribution in [1.29, 1.82) is 0 Å². The molecule has 1 aliphatic rings. The van der Waals surface area contributed by atoms with Crippen molar-refractivity contribution in [3.63, 3.8) is 0 Å². The summed E-state index contributed by atoms with van der Waals surface area (Å²) in [6.07, 6.45) is 2.44. The Balaban J connectivity index is 1.68. The molecule has 22 heavy (non-hydrogen) atoms. The van der Waals surface area contributed by atoms with Crippen molar-refractivity contribution >= 4 is 17.8 Å². The number of carbonyl (C=O) groups excluding carboxylic acids is 1. The SMILES string of the molecule is Cc1cc(C)n(C[C@H](C)CNC(=O)NC[C@]2(C)CCCS2)n1. The zero-order chi connectivity index (χ0) is 16.2. The van der Waals surface area contributed by atoms with Crippen LogP contribution in [0.2, 0.25) is 0 Å². The van der Waals surface area contributed by atoms with Gasteiger partial charge in [-0.2, -0.15) is 16.9 Å². The monoisotopic (exact) mass is 324 g/mol. The maximum Gasteiger partial charge on any atom is 0.314 e. The molecule has 2 amide bonds. The van der Waals surface area contributed by atoms with Gasteiger partial charge in [-0.05, 0) is 51.3 Å². The molecule has 1 saturated heterocycles. The van der Waals surface area contributed by atoms with Crippen molar-refractivity contribution in [3.05, 3.63) is 17.5 Å². The molecule has 6 heteroatoms. The number of amides is 2. The Bertz CT molecular complexity index is 508. The van der Waals surface area contributed by atoms with Gasteiger partial charge in [-0.1, -0.05) is 6.92 Å². The third kappa shape index (κ3) is 4.93. The van der Waals surface area contributed by atoms with Gasteiger partial charge in [0.1, 0.15) is 0 Å². The second-order valence-electron chi connectivity index (χ2n) is 6.68. The fourth-order valence-corrected chi connectivity index (χ4v) is 4.04. The van der Waals surface area contributed by atoms with E-state index in [1.165, 1.54) is 24.3 Å². The number of aryl methyl sites for hydroxylation is 2. The highest BCUT2D eigenvalue weighted by Gasteiger charge is 2.29. The van der Waals surface area contributed by atoms with Crippen LogP contribution in [0.4, 0.5) is 4.79 Å². The number of carbonyl (C=O) groups is 1. The smallest absolute Gasteiger partial charge is 0.314 e. The van der Waals surface area contributed by atoms with Gasteiger partial charge in [0.2, 0.25) is 0 Å². The largest absolute Gasteiger partial charge is 0.338 e. The standard InChI is InChI=1S/C16H28N4OS/c1-12(10-20-14(3)8-13(2)19-20)9-17-15(21)18-11-16(4)6-5-7-22-16/h8,12H,5-7,9-11H2,1-4H3,(H2,17,18,21)/t12-,16+/m1/s1. The third-order valence-corrected chi connectivity index (χ3v) is 5.66. The molecule has 0 aliphatic carbocycles. The van der Waals surface area contributed by atoms with Crippen LogP contribution in [0, 0.1) is 19.8 Å². The Morgan fingerprint density at radius 1 is 1.50 bits per heavy atom. The lowest BCUT2D eigenvalue weighted by Crippen LogP contribution is -2.43. The van der Waals surface area contributed by atoms with Gasteiger partial charge in [-0.3, -0.25) is 4.68 Å². The first-order valence-electron chi connectivity index (χ1n) is 8.05. The molecule has 0 spiro atoms. The summed E-state index contributed by atoms with van der Waals surface area (Å²) in [5.41, 5.74) is 2.21. The fourth-order valence-electron chi connectivity index (χ4n) is 2.79. The van der Waals surface area contributed by atoms with Crippen molar-refractivity contribution in [2.24, 2.45) is 5.92 Å². The number of thioether (sulfide) groups is 1. The summed E-state index contributed by atoms with van der Waals surface area (Å²) in [5, 5.41) is 10.4. The number of aromatic nitrogens is 2. The molecule has 2 heterocycles. The Kier molecular flexibility index (Phi) is 5.78. The van der Waals surface area contributed by atoms with Crippen molar-refractivity contribution in [2.45, 2.75) is 51.8 Å². The molecular weight excluding hydrogens is 296 g/mol. The minimum absolute atomic E-state index is 0.0612. The van der Waals surface area contributed by atoms with E-state index in [0.29, 0.717) is 12.5 Å². The zero-order valence-corrected chi connectivity index (χ0v) is 14.9. The molecule has 0 aromatic carbocycles. The number of rotatable bonds is 6. The van der Waals surface area contributed by atoms with Crippen molar-refractivity contribution < 1.29 is 4.79 Å². The van der Waals surface area contributed by atoms with E-state index in [9.17, 15) is 4.79 Å². The quantitative estimate of drug-likeness (QED) is 0.846. The Hall–Kier alpha value is -1.17. The van der Waals surface area contributed by atoms with Crippen LogP contribution in [-0.2, 0) is 6.54 Å². The van der Waals surface area contributed by atoms with Crippen LogP contribution in [0.3, 0.4) is 0 Å². The van der Waals surface area contributed by atoms with E-state index in [0.717, 1.165) is 18.8 Å². The van der Waals surface area contributed by atoms with E-state index in [4.69, 9.17) is 0 Å². The van der Waals surface area contributed by atoms with Gasteiger partial charge in [0.05, 0.1) is 5.69 Å². The number of hydrogen-bond donors (Lipinski definition) is 2. The highest BCUT2D eigenvalue weighted by Crippen LogP contribution is 2.36. The molecular formula is C16H28N4OS. The van der Waals surface area contributed by atoms with Crippen LogP contribution in [0.15, 0.2) is 6.07 Å². The van der Waals surface area contributed by atoms with Gasteiger partial charge in [-0.15, -0.1) is 0 Å². The fraction of sp³-hybridized carbons (Fsp3) is 0.750. The molecule has 2 rings (SSSR count). The molecule has 1 aromatic heterocycles. The minimum Gasteiger partial charge on any atom is -0.338 e. The van der Waals surface area contributed by atoms with E-state index < -0.39 is 0 Å². The van der Waals surface area contributed by atoms with Crippen LogP contribution in [-0.4, -0.2) is 39.4 Å². The van der Waals surface area contributed by atoms with E-state index in [2.05, 4.69) is 42.6 Å². The summed E-state index contributed by atoms with van der Waals surface area (Å²) in [5.74, 6) is 1.56. The second kappa shape index (κ2) is 7.40. The molecule has 2 atom stereocenters. The van der Waals surface area contributed by atoms with E-state index in [1.54, 1.807) is 0 Å². The molecule has 0 unspecified atom stereocenters. The van der Waals surface area contributed by atoms with Gasteiger partial charge >= 0.3 is 6.03 Å². The summed E-state index contributed by atoms with van der Waals surface area (Å²) >= 11 is 1.96. The lowest BCUT2D eigenvalue weighted by molar-refractivity contribution is 0.237. The summed E-state index contributed by atoms with van der Waals surface area (Å²) in [6, 6.07) is 2.02. The highest BCUT2D eigenvalue weighted by molar-refractivity contribution is 8.00. The first kappa shape index (κ1) is 17.2. The van der Waals surface area contributed by atoms with Gasteiger partial charge < -0.3 is 10.6 Å². The highest BCUT2D eigenvalue weighted by atomic mass is 32.2. The number of nitrogens with zero attached hydrogens (tertiary/aromatic N) is 2. The normalized spacial score (nSPS) is 22.5. The van der Waals surface area contributed by atoms with Gasteiger partial charge in [0, 0.05) is 30.1 Å². The number of hydrogen-bond acceptors (Lipinski definition) is 3. The van der Waals surface area contributed by atoms with Gasteiger partial charge in [0.15, 0.2) is 0 Å². The zero-order valence-electron chi connectivity index (χ0n) is 14.1. The predicted molar refractivity (Wildman–Crippen MR) is 92.4 cm³/mol. The molecule has 1 fully saturated rings. The van der Waals surface area contributed by atoms with Crippen LogP contribution in [0.1, 0.15) is 38.1 Å². The van der Waals surface area contributed by atoms with E-state index in [1.807, 2.05) is 23.4 Å². The Labute approximate surface area is 137 Å². The lowest BCUT2D eigenvalue weighted by atomic mass is 10.1. The molecule has 124 valence electrons. The molecule has 0 saturated carbocycles. The first-order valence-corrected chi connectivity index (χ1v) is 9.03. The van der Waals surface area contributed by atoms with Crippen molar-refractivity contribution in [3.8, 4) is 0 Å². The van der Waals surface area contributed by atoms with Crippen molar-refractivity contribution in [2.75, 3.05) is 18.8 Å². The maximum absolute atomic E-state index is 11.9. The topological polar surface area (TPSA) is 59.0 Å². The predicted octanol–water partition coefficient (Wildman–Crippen LogP) is 2.72. The summed E-state index contributed by atoms with van der Waals surface area (Å²) < 4.78 is 2.22. The van der Waals surface area contributed by atoms with Crippen LogP contribution in [0.25, 0.3) is 0 Å². The molecule has 5 nitrogen and oxygen atoms in total. The molecule has 1 aliphatic heterocycles. The third-order valence-electron chi connectivity index (χ3n) is 4.12. The van der Waals surface area contributed by atoms with Gasteiger partial charge in [-0.25, -0.2) is 4.79 Å². The number of urea groups is 1. The molecule has 2 N–H and O–H groups in total. The van der Waals surface area contributed by atoms with Crippen LogP contribution in [0.5, 0.6) is 0 Å². The lowest BCUT2D eigenvalue weighted by Gasteiger charge is -2.23.